The van der Waals surface area contributed by atoms with Gasteiger partial charge in [0.25, 0.3) is 0 Å². The van der Waals surface area contributed by atoms with Gasteiger partial charge in [0.15, 0.2) is 0 Å². The zero-order chi connectivity index (χ0) is 15.5. The number of nitrogens with zero attached hydrogens (tertiary/aromatic N) is 1. The van der Waals surface area contributed by atoms with Crippen LogP contribution in [0, 0.1) is 5.92 Å². The number of allylic oxidation sites excluding steroid dienone is 1. The Morgan fingerprint density at radius 2 is 2.00 bits per heavy atom. The Labute approximate surface area is 126 Å². The first-order valence-electron chi connectivity index (χ1n) is 7.76. The largest absolute Gasteiger partial charge is 0.444 e. The van der Waals surface area contributed by atoms with E-state index < -0.39 is 5.60 Å². The number of ether oxygens (including phenoxy) is 1. The van der Waals surface area contributed by atoms with Crippen molar-refractivity contribution in [1.29, 1.82) is 0 Å². The van der Waals surface area contributed by atoms with Crippen LogP contribution in [0.1, 0.15) is 46.5 Å². The molecule has 2 aliphatic rings. The summed E-state index contributed by atoms with van der Waals surface area (Å²) in [5, 5.41) is 3.08. The van der Waals surface area contributed by atoms with Gasteiger partial charge in [-0.2, -0.15) is 0 Å². The molecule has 2 rings (SSSR count). The lowest BCUT2D eigenvalue weighted by molar-refractivity contribution is -0.124. The molecule has 1 aliphatic heterocycles. The molecule has 0 aromatic rings. The van der Waals surface area contributed by atoms with E-state index in [1.807, 2.05) is 20.8 Å². The Morgan fingerprint density at radius 1 is 1.29 bits per heavy atom. The minimum absolute atomic E-state index is 0.101. The normalized spacial score (nSPS) is 22.6. The van der Waals surface area contributed by atoms with Crippen molar-refractivity contribution >= 4 is 12.0 Å². The predicted molar refractivity (Wildman–Crippen MR) is 80.8 cm³/mol. The summed E-state index contributed by atoms with van der Waals surface area (Å²) in [6.45, 7) is 6.80. The number of rotatable bonds is 3. The number of nitrogens with one attached hydrogen (secondary N) is 1. The van der Waals surface area contributed by atoms with E-state index in [2.05, 4.69) is 17.5 Å². The molecule has 0 aromatic carbocycles. The molecule has 0 aromatic heterocycles. The highest BCUT2D eigenvalue weighted by Crippen LogP contribution is 2.22. The zero-order valence-corrected chi connectivity index (χ0v) is 13.2. The SMILES string of the molecule is CC(C)(C)OC(=O)N1CC(CC(=O)N[C@H]2CC=CCC2)C1. The van der Waals surface area contributed by atoms with E-state index in [1.165, 1.54) is 0 Å². The van der Waals surface area contributed by atoms with Gasteiger partial charge >= 0.3 is 6.09 Å². The highest BCUT2D eigenvalue weighted by Gasteiger charge is 2.34. The first kappa shape index (κ1) is 15.9. The summed E-state index contributed by atoms with van der Waals surface area (Å²) in [5.74, 6) is 0.362. The van der Waals surface area contributed by atoms with Crippen molar-refractivity contribution in [2.24, 2.45) is 5.92 Å². The lowest BCUT2D eigenvalue weighted by Crippen LogP contribution is -2.53. The minimum Gasteiger partial charge on any atom is -0.444 e. The fraction of sp³-hybridized carbons (Fsp3) is 0.750. The van der Waals surface area contributed by atoms with Crippen molar-refractivity contribution in [2.75, 3.05) is 13.1 Å². The van der Waals surface area contributed by atoms with Crippen LogP contribution in [-0.4, -0.2) is 41.6 Å². The monoisotopic (exact) mass is 294 g/mol. The van der Waals surface area contributed by atoms with Crippen molar-refractivity contribution in [2.45, 2.75) is 58.1 Å². The molecule has 0 saturated carbocycles. The summed E-state index contributed by atoms with van der Waals surface area (Å²) in [5.41, 5.74) is -0.464. The molecular formula is C16H26N2O3. The predicted octanol–water partition coefficient (Wildman–Crippen LogP) is 2.47. The van der Waals surface area contributed by atoms with Gasteiger partial charge in [0.05, 0.1) is 0 Å². The van der Waals surface area contributed by atoms with Crippen LogP contribution in [0.2, 0.25) is 0 Å². The van der Waals surface area contributed by atoms with E-state index in [0.29, 0.717) is 19.5 Å². The maximum atomic E-state index is 11.9. The lowest BCUT2D eigenvalue weighted by Gasteiger charge is -2.39. The Balaban J connectivity index is 1.64. The van der Waals surface area contributed by atoms with Crippen LogP contribution >= 0.6 is 0 Å². The van der Waals surface area contributed by atoms with E-state index in [1.54, 1.807) is 4.90 Å². The molecule has 5 nitrogen and oxygen atoms in total. The Kier molecular flexibility index (Phi) is 4.91. The van der Waals surface area contributed by atoms with Gasteiger partial charge in [-0.05, 0) is 40.0 Å². The van der Waals surface area contributed by atoms with E-state index in [-0.39, 0.29) is 24.0 Å². The highest BCUT2D eigenvalue weighted by atomic mass is 16.6. The maximum Gasteiger partial charge on any atom is 0.410 e. The smallest absolute Gasteiger partial charge is 0.410 e. The van der Waals surface area contributed by atoms with Crippen LogP contribution in [0.3, 0.4) is 0 Å². The van der Waals surface area contributed by atoms with Gasteiger partial charge < -0.3 is 15.0 Å². The maximum absolute atomic E-state index is 11.9. The molecule has 1 saturated heterocycles. The Hall–Kier alpha value is -1.52. The quantitative estimate of drug-likeness (QED) is 0.813. The van der Waals surface area contributed by atoms with Gasteiger partial charge in [-0.1, -0.05) is 12.2 Å². The van der Waals surface area contributed by atoms with Crippen LogP contribution in [0.5, 0.6) is 0 Å². The van der Waals surface area contributed by atoms with Gasteiger partial charge in [-0.3, -0.25) is 4.79 Å². The molecule has 2 amide bonds. The molecule has 118 valence electrons. The third-order valence-corrected chi connectivity index (χ3v) is 3.72. The first-order valence-corrected chi connectivity index (χ1v) is 7.76. The molecule has 1 aliphatic carbocycles. The second kappa shape index (κ2) is 6.50. The van der Waals surface area contributed by atoms with Crippen LogP contribution in [-0.2, 0) is 9.53 Å². The van der Waals surface area contributed by atoms with Crippen molar-refractivity contribution in [3.8, 4) is 0 Å². The van der Waals surface area contributed by atoms with Crippen LogP contribution in [0.25, 0.3) is 0 Å². The van der Waals surface area contributed by atoms with E-state index in [9.17, 15) is 9.59 Å². The van der Waals surface area contributed by atoms with Gasteiger partial charge in [-0.25, -0.2) is 4.79 Å². The van der Waals surface area contributed by atoms with Crippen molar-refractivity contribution in [3.63, 3.8) is 0 Å². The minimum atomic E-state index is -0.464. The highest BCUT2D eigenvalue weighted by molar-refractivity contribution is 5.77. The van der Waals surface area contributed by atoms with Crippen LogP contribution < -0.4 is 5.32 Å². The Morgan fingerprint density at radius 3 is 2.57 bits per heavy atom. The average Bonchev–Trinajstić information content (AvgIpc) is 2.32. The first-order chi connectivity index (χ1) is 9.83. The van der Waals surface area contributed by atoms with Gasteiger partial charge in [0.2, 0.25) is 5.91 Å². The molecule has 0 spiro atoms. The molecule has 0 bridgehead atoms. The summed E-state index contributed by atoms with van der Waals surface area (Å²) in [6, 6.07) is 0.282. The summed E-state index contributed by atoms with van der Waals surface area (Å²) in [6.07, 6.45) is 7.50. The summed E-state index contributed by atoms with van der Waals surface area (Å²) >= 11 is 0. The molecule has 0 unspecified atom stereocenters. The second-order valence-electron chi connectivity index (χ2n) is 7.00. The average molecular weight is 294 g/mol. The van der Waals surface area contributed by atoms with E-state index >= 15 is 0 Å². The third-order valence-electron chi connectivity index (χ3n) is 3.72. The molecule has 5 heteroatoms. The second-order valence-corrected chi connectivity index (χ2v) is 7.00. The van der Waals surface area contributed by atoms with Gasteiger partial charge in [-0.15, -0.1) is 0 Å². The molecule has 1 atom stereocenters. The lowest BCUT2D eigenvalue weighted by atomic mass is 9.95. The fourth-order valence-corrected chi connectivity index (χ4v) is 2.65. The Bertz CT molecular complexity index is 420. The van der Waals surface area contributed by atoms with Crippen molar-refractivity contribution < 1.29 is 14.3 Å². The standard InChI is InChI=1S/C16H26N2O3/c1-16(2,3)21-15(20)18-10-12(11-18)9-14(19)17-13-7-5-4-6-8-13/h4-5,12-13H,6-11H2,1-3H3,(H,17,19)/t13-/m0/s1. The third kappa shape index (κ3) is 5.06. The molecule has 1 N–H and O–H groups in total. The molecule has 0 radical (unpaired) electrons. The molecule has 1 heterocycles. The number of likely N-dealkylation sites (tertiary alicyclic amines) is 1. The van der Waals surface area contributed by atoms with Gasteiger partial charge in [0.1, 0.15) is 5.60 Å². The topological polar surface area (TPSA) is 58.6 Å². The number of hydrogen-bond acceptors (Lipinski definition) is 3. The fourth-order valence-electron chi connectivity index (χ4n) is 2.65. The molecular weight excluding hydrogens is 268 g/mol. The molecule has 21 heavy (non-hydrogen) atoms. The van der Waals surface area contributed by atoms with Gasteiger partial charge in [0, 0.05) is 31.5 Å². The van der Waals surface area contributed by atoms with Crippen molar-refractivity contribution in [3.05, 3.63) is 12.2 Å². The molecule has 1 fully saturated rings. The van der Waals surface area contributed by atoms with Crippen LogP contribution in [0.4, 0.5) is 4.79 Å². The number of carbonyl (C=O) groups is 2. The summed E-state index contributed by atoms with van der Waals surface area (Å²) in [7, 11) is 0. The summed E-state index contributed by atoms with van der Waals surface area (Å²) in [4.78, 5) is 25.4. The van der Waals surface area contributed by atoms with E-state index in [0.717, 1.165) is 19.3 Å². The van der Waals surface area contributed by atoms with Crippen LogP contribution in [0.15, 0.2) is 12.2 Å². The van der Waals surface area contributed by atoms with Crippen molar-refractivity contribution in [1.82, 2.24) is 10.2 Å². The van der Waals surface area contributed by atoms with E-state index in [4.69, 9.17) is 4.74 Å². The number of amides is 2. The zero-order valence-electron chi connectivity index (χ0n) is 13.2. The summed E-state index contributed by atoms with van der Waals surface area (Å²) < 4.78 is 5.30. The number of hydrogen-bond donors (Lipinski definition) is 1. The number of carbonyl (C=O) groups excluding carboxylic acids is 2.